The van der Waals surface area contributed by atoms with Crippen LogP contribution in [0.25, 0.3) is 32.6 Å². The van der Waals surface area contributed by atoms with E-state index < -0.39 is 5.97 Å². The second-order valence-corrected chi connectivity index (χ2v) is 14.5. The molecule has 4 aliphatic heterocycles. The summed E-state index contributed by atoms with van der Waals surface area (Å²) in [5.41, 5.74) is 10.3. The molecule has 0 amide bonds. The summed E-state index contributed by atoms with van der Waals surface area (Å²) in [5, 5.41) is 13.2. The molecule has 1 N–H and O–H groups in total. The Morgan fingerprint density at radius 3 is 2.85 bits per heavy atom. The third kappa shape index (κ3) is 4.52. The SMILES string of the molecule is C=C/C=C\c1c(C)ccc2c1C(C)(CCCCCC(=O)O)C1=C3C=C4c5sc6c7ccccc7ccc6[n+]5CCC4OC3CCN12. The van der Waals surface area contributed by atoms with Crippen molar-refractivity contribution in [2.45, 2.75) is 83.0 Å². The number of rotatable bonds is 8. The van der Waals surface area contributed by atoms with E-state index in [0.717, 1.165) is 45.2 Å². The largest absolute Gasteiger partial charge is 0.481 e. The molecule has 4 aliphatic rings. The molecule has 3 atom stereocenters. The summed E-state index contributed by atoms with van der Waals surface area (Å²) in [6.07, 6.45) is 14.6. The molecule has 3 aromatic carbocycles. The van der Waals surface area contributed by atoms with E-state index in [1.165, 1.54) is 65.2 Å². The fourth-order valence-electron chi connectivity index (χ4n) is 8.62. The number of thiazole rings is 1. The highest BCUT2D eigenvalue weighted by atomic mass is 32.1. The summed E-state index contributed by atoms with van der Waals surface area (Å²) in [7, 11) is 0. The standard InChI is InChI=1S/C40H40N2O3S/c1-4-5-12-27-25(2)15-17-31-36(27)40(3,21-10-6-7-14-35(43)44)38-29-24-30-34(45-33(29)19-22-41(31)38)20-23-42-32-18-16-26-11-8-9-13-28(26)37(32)46-39(30)42/h4-5,8-9,11-13,15-18,24,33-34H,1,6-7,10,14,19-23H2,2-3H3/p+1/b12-5-. The molecule has 8 rings (SSSR count). The summed E-state index contributed by atoms with van der Waals surface area (Å²) < 4.78 is 11.0. The van der Waals surface area contributed by atoms with Gasteiger partial charge in [0.15, 0.2) is 6.54 Å². The Balaban J connectivity index is 1.30. The number of anilines is 1. The Labute approximate surface area is 274 Å². The van der Waals surface area contributed by atoms with Gasteiger partial charge in [0.05, 0.1) is 17.8 Å². The molecule has 1 aromatic heterocycles. The normalized spacial score (nSPS) is 23.3. The van der Waals surface area contributed by atoms with Crippen LogP contribution in [0.2, 0.25) is 0 Å². The number of carboxylic acid groups (broad SMARTS) is 1. The van der Waals surface area contributed by atoms with E-state index in [-0.39, 0.29) is 24.0 Å². The molecule has 234 valence electrons. The Kier molecular flexibility index (Phi) is 7.26. The van der Waals surface area contributed by atoms with Crippen LogP contribution < -0.4 is 9.47 Å². The van der Waals surface area contributed by atoms with Crippen LogP contribution in [0, 0.1) is 6.92 Å². The topological polar surface area (TPSA) is 53.6 Å². The van der Waals surface area contributed by atoms with Gasteiger partial charge in [0, 0.05) is 53.2 Å². The van der Waals surface area contributed by atoms with Gasteiger partial charge in [-0.2, -0.15) is 4.57 Å². The molecule has 0 aliphatic carbocycles. The molecule has 0 radical (unpaired) electrons. The molecule has 0 saturated heterocycles. The third-order valence-electron chi connectivity index (χ3n) is 10.7. The van der Waals surface area contributed by atoms with Crippen molar-refractivity contribution in [3.63, 3.8) is 0 Å². The van der Waals surface area contributed by atoms with Crippen LogP contribution in [0.15, 0.2) is 84.6 Å². The number of ether oxygens (including phenoxy) is 1. The highest BCUT2D eigenvalue weighted by molar-refractivity contribution is 7.20. The van der Waals surface area contributed by atoms with Crippen molar-refractivity contribution in [2.24, 2.45) is 0 Å². The smallest absolute Gasteiger partial charge is 0.303 e. The monoisotopic (exact) mass is 629 g/mol. The number of carboxylic acids is 1. The molecular weight excluding hydrogens is 589 g/mol. The third-order valence-corrected chi connectivity index (χ3v) is 12.0. The molecule has 0 spiro atoms. The minimum Gasteiger partial charge on any atom is -0.481 e. The summed E-state index contributed by atoms with van der Waals surface area (Å²) in [6.45, 7) is 10.5. The zero-order chi connectivity index (χ0) is 31.6. The zero-order valence-electron chi connectivity index (χ0n) is 26.7. The van der Waals surface area contributed by atoms with Gasteiger partial charge < -0.3 is 14.7 Å². The van der Waals surface area contributed by atoms with Gasteiger partial charge in [-0.25, -0.2) is 0 Å². The Morgan fingerprint density at radius 2 is 2.00 bits per heavy atom. The van der Waals surface area contributed by atoms with Gasteiger partial charge in [-0.15, -0.1) is 0 Å². The molecule has 46 heavy (non-hydrogen) atoms. The Morgan fingerprint density at radius 1 is 1.13 bits per heavy atom. The van der Waals surface area contributed by atoms with Gasteiger partial charge in [0.25, 0.3) is 5.01 Å². The van der Waals surface area contributed by atoms with Gasteiger partial charge >= 0.3 is 5.97 Å². The summed E-state index contributed by atoms with van der Waals surface area (Å²) in [4.78, 5) is 13.8. The summed E-state index contributed by atoms with van der Waals surface area (Å²) in [6, 6.07) is 17.8. The first-order chi connectivity index (χ1) is 22.4. The lowest BCUT2D eigenvalue weighted by molar-refractivity contribution is -0.674. The molecule has 3 unspecified atom stereocenters. The van der Waals surface area contributed by atoms with Gasteiger partial charge in [0.1, 0.15) is 4.70 Å². The highest BCUT2D eigenvalue weighted by Gasteiger charge is 2.51. The first-order valence-corrected chi connectivity index (χ1v) is 17.6. The first kappa shape index (κ1) is 29.4. The van der Waals surface area contributed by atoms with Crippen LogP contribution in [-0.2, 0) is 21.5 Å². The zero-order valence-corrected chi connectivity index (χ0v) is 27.5. The van der Waals surface area contributed by atoms with E-state index in [9.17, 15) is 9.90 Å². The maximum absolute atomic E-state index is 11.2. The molecule has 5 heterocycles. The van der Waals surface area contributed by atoms with Crippen molar-refractivity contribution < 1.29 is 19.2 Å². The van der Waals surface area contributed by atoms with E-state index in [0.29, 0.717) is 6.42 Å². The van der Waals surface area contributed by atoms with Gasteiger partial charge in [-0.05, 0) is 73.4 Å². The van der Waals surface area contributed by atoms with E-state index in [1.54, 1.807) is 0 Å². The van der Waals surface area contributed by atoms with Crippen molar-refractivity contribution in [3.05, 3.63) is 106 Å². The lowest BCUT2D eigenvalue weighted by Gasteiger charge is -2.42. The van der Waals surface area contributed by atoms with E-state index in [4.69, 9.17) is 4.74 Å². The number of aliphatic carboxylic acids is 1. The van der Waals surface area contributed by atoms with Crippen molar-refractivity contribution >= 4 is 55.6 Å². The Bertz CT molecular complexity index is 2020. The molecule has 0 saturated carbocycles. The number of nitrogens with zero attached hydrogens (tertiary/aromatic N) is 2. The molecule has 4 aromatic rings. The van der Waals surface area contributed by atoms with Crippen LogP contribution in [0.1, 0.15) is 73.6 Å². The fourth-order valence-corrected chi connectivity index (χ4v) is 10.0. The summed E-state index contributed by atoms with van der Waals surface area (Å²) >= 11 is 1.91. The number of carbonyl (C=O) groups is 1. The maximum Gasteiger partial charge on any atom is 0.303 e. The van der Waals surface area contributed by atoms with E-state index in [2.05, 4.69) is 96.7 Å². The summed E-state index contributed by atoms with van der Waals surface area (Å²) in [5.74, 6) is -0.712. The van der Waals surface area contributed by atoms with Crippen LogP contribution in [-0.4, -0.2) is 29.8 Å². The van der Waals surface area contributed by atoms with E-state index in [1.807, 2.05) is 17.4 Å². The van der Waals surface area contributed by atoms with Crippen molar-refractivity contribution in [2.75, 3.05) is 11.4 Å². The number of fused-ring (bicyclic) bond motifs is 11. The van der Waals surface area contributed by atoms with Crippen molar-refractivity contribution in [3.8, 4) is 0 Å². The molecular formula is C40H41N2O3S+. The number of hydrogen-bond donors (Lipinski definition) is 1. The van der Waals surface area contributed by atoms with Crippen LogP contribution >= 0.6 is 11.3 Å². The minimum absolute atomic E-state index is 0.0793. The van der Waals surface area contributed by atoms with Crippen LogP contribution in [0.4, 0.5) is 5.69 Å². The van der Waals surface area contributed by atoms with E-state index >= 15 is 0 Å². The van der Waals surface area contributed by atoms with Crippen molar-refractivity contribution in [1.29, 1.82) is 0 Å². The maximum atomic E-state index is 11.2. The molecule has 0 fully saturated rings. The highest BCUT2D eigenvalue weighted by Crippen LogP contribution is 2.57. The predicted octanol–water partition coefficient (Wildman–Crippen LogP) is 8.87. The average molecular weight is 630 g/mol. The van der Waals surface area contributed by atoms with Crippen LogP contribution in [0.5, 0.6) is 0 Å². The fraction of sp³-hybridized carbons (Fsp3) is 0.350. The first-order valence-electron chi connectivity index (χ1n) is 16.8. The number of aryl methyl sites for hydroxylation is 2. The molecule has 6 heteroatoms. The van der Waals surface area contributed by atoms with Gasteiger partial charge in [-0.3, -0.25) is 4.79 Å². The number of benzene rings is 3. The van der Waals surface area contributed by atoms with Gasteiger partial charge in [-0.1, -0.05) is 79.3 Å². The Hall–Kier alpha value is -4.00. The quantitative estimate of drug-likeness (QED) is 0.120. The molecule has 5 nitrogen and oxygen atoms in total. The van der Waals surface area contributed by atoms with Crippen LogP contribution in [0.3, 0.4) is 0 Å². The number of unbranched alkanes of at least 4 members (excludes halogenated alkanes) is 2. The van der Waals surface area contributed by atoms with Gasteiger partial charge in [0.2, 0.25) is 5.52 Å². The average Bonchev–Trinajstić information content (AvgIpc) is 3.57. The predicted molar refractivity (Wildman–Crippen MR) is 188 cm³/mol. The number of allylic oxidation sites excluding steroid dienone is 3. The lowest BCUT2D eigenvalue weighted by Crippen LogP contribution is -2.48. The lowest BCUT2D eigenvalue weighted by atomic mass is 9.72. The second-order valence-electron chi connectivity index (χ2n) is 13.5. The second kappa shape index (κ2) is 11.4. The minimum atomic E-state index is -0.712. The number of hydrogen-bond acceptors (Lipinski definition) is 4. The van der Waals surface area contributed by atoms with Crippen molar-refractivity contribution in [1.82, 2.24) is 0 Å². The molecule has 0 bridgehead atoms. The number of aromatic nitrogens is 1.